The van der Waals surface area contributed by atoms with E-state index >= 15 is 0 Å². The molecule has 0 bridgehead atoms. The number of aromatic nitrogens is 2. The summed E-state index contributed by atoms with van der Waals surface area (Å²) in [6, 6.07) is -0.713. The molecule has 1 aliphatic rings. The van der Waals surface area contributed by atoms with Crippen molar-refractivity contribution in [1.82, 2.24) is 9.55 Å². The van der Waals surface area contributed by atoms with Crippen LogP contribution in [0.25, 0.3) is 0 Å². The Hall–Kier alpha value is -1.92. The first kappa shape index (κ1) is 9.63. The number of carbonyl (C=O) groups is 1. The number of hydrogen-bond acceptors (Lipinski definition) is 4. The highest BCUT2D eigenvalue weighted by Gasteiger charge is 2.32. The molecule has 1 aromatic rings. The minimum absolute atomic E-state index is 0.221. The van der Waals surface area contributed by atoms with Gasteiger partial charge in [0.05, 0.1) is 0 Å². The van der Waals surface area contributed by atoms with Gasteiger partial charge in [-0.2, -0.15) is 0 Å². The Balaban J connectivity index is 2.46. The van der Waals surface area contributed by atoms with E-state index in [0.717, 1.165) is 0 Å². The molecule has 0 fully saturated rings. The highest BCUT2D eigenvalue weighted by molar-refractivity contribution is 5.72. The number of nitro groups is 1. The molecule has 0 amide bonds. The van der Waals surface area contributed by atoms with Crippen LogP contribution in [0.2, 0.25) is 0 Å². The second kappa shape index (κ2) is 3.34. The quantitative estimate of drug-likeness (QED) is 0.575. The number of carboxylic acids is 1. The number of nitrogens with zero attached hydrogens (tertiary/aromatic N) is 3. The molecule has 0 aromatic carbocycles. The largest absolute Gasteiger partial charge is 0.480 e. The molecule has 1 N–H and O–H groups in total. The Morgan fingerprint density at radius 3 is 3.07 bits per heavy atom. The monoisotopic (exact) mass is 211 g/mol. The minimum Gasteiger partial charge on any atom is -0.480 e. The molecule has 1 aliphatic heterocycles. The summed E-state index contributed by atoms with van der Waals surface area (Å²) in [5.74, 6) is -1.19. The minimum atomic E-state index is -0.969. The lowest BCUT2D eigenvalue weighted by atomic mass is 10.0. The van der Waals surface area contributed by atoms with Crippen molar-refractivity contribution in [3.8, 4) is 0 Å². The predicted molar refractivity (Wildman–Crippen MR) is 48.5 cm³/mol. The zero-order valence-electron chi connectivity index (χ0n) is 7.79. The molecule has 0 aliphatic carbocycles. The average Bonchev–Trinajstić information content (AvgIpc) is 2.59. The molecule has 15 heavy (non-hydrogen) atoms. The van der Waals surface area contributed by atoms with Gasteiger partial charge in [-0.25, -0.2) is 4.79 Å². The topological polar surface area (TPSA) is 98.3 Å². The summed E-state index contributed by atoms with van der Waals surface area (Å²) in [6.45, 7) is 0. The fraction of sp³-hybridized carbons (Fsp3) is 0.500. The molecule has 2 heterocycles. The number of imidazole rings is 1. The first-order valence-electron chi connectivity index (χ1n) is 4.54. The third kappa shape index (κ3) is 1.45. The van der Waals surface area contributed by atoms with Gasteiger partial charge in [-0.05, 0) is 29.2 Å². The SMILES string of the molecule is O=C(O)C1CCCc2c([N+](=O)[O-])ncn21. The Kier molecular flexibility index (Phi) is 2.14. The average molecular weight is 211 g/mol. The van der Waals surface area contributed by atoms with Crippen LogP contribution < -0.4 is 0 Å². The van der Waals surface area contributed by atoms with E-state index in [0.29, 0.717) is 25.0 Å². The van der Waals surface area contributed by atoms with Crippen molar-refractivity contribution in [3.63, 3.8) is 0 Å². The lowest BCUT2D eigenvalue weighted by molar-refractivity contribution is -0.390. The molecule has 0 radical (unpaired) electrons. The smallest absolute Gasteiger partial charge is 0.384 e. The van der Waals surface area contributed by atoms with Gasteiger partial charge in [-0.1, -0.05) is 0 Å². The molecule has 1 unspecified atom stereocenters. The van der Waals surface area contributed by atoms with Crippen LogP contribution in [0.3, 0.4) is 0 Å². The van der Waals surface area contributed by atoms with E-state index in [1.165, 1.54) is 10.9 Å². The van der Waals surface area contributed by atoms with E-state index in [9.17, 15) is 14.9 Å². The maximum atomic E-state index is 10.9. The summed E-state index contributed by atoms with van der Waals surface area (Å²) >= 11 is 0. The lowest BCUT2D eigenvalue weighted by Crippen LogP contribution is -2.24. The Bertz CT molecular complexity index is 426. The van der Waals surface area contributed by atoms with Crippen LogP contribution in [-0.2, 0) is 11.2 Å². The molecule has 80 valence electrons. The summed E-state index contributed by atoms with van der Waals surface area (Å²) in [6.07, 6.45) is 2.89. The number of hydrogen-bond donors (Lipinski definition) is 1. The number of rotatable bonds is 2. The molecule has 7 heteroatoms. The molecule has 0 saturated carbocycles. The van der Waals surface area contributed by atoms with Crippen LogP contribution in [-0.4, -0.2) is 25.6 Å². The Morgan fingerprint density at radius 2 is 2.47 bits per heavy atom. The molecule has 2 rings (SSSR count). The van der Waals surface area contributed by atoms with E-state index in [-0.39, 0.29) is 5.82 Å². The van der Waals surface area contributed by atoms with Crippen molar-refractivity contribution in [2.24, 2.45) is 0 Å². The third-order valence-corrected chi connectivity index (χ3v) is 2.56. The van der Waals surface area contributed by atoms with Gasteiger partial charge in [-0.3, -0.25) is 4.57 Å². The fourth-order valence-electron chi connectivity index (χ4n) is 1.88. The Labute approximate surface area is 84.5 Å². The summed E-state index contributed by atoms with van der Waals surface area (Å²) in [5.41, 5.74) is 0.415. The van der Waals surface area contributed by atoms with Gasteiger partial charge in [0.15, 0.2) is 0 Å². The zero-order chi connectivity index (χ0) is 11.0. The molecular weight excluding hydrogens is 202 g/mol. The van der Waals surface area contributed by atoms with E-state index in [1.807, 2.05) is 0 Å². The molecule has 1 atom stereocenters. The maximum absolute atomic E-state index is 10.9. The van der Waals surface area contributed by atoms with E-state index in [1.54, 1.807) is 0 Å². The van der Waals surface area contributed by atoms with E-state index in [2.05, 4.69) is 4.98 Å². The Morgan fingerprint density at radius 1 is 1.73 bits per heavy atom. The van der Waals surface area contributed by atoms with Gasteiger partial charge in [0.1, 0.15) is 11.7 Å². The highest BCUT2D eigenvalue weighted by Crippen LogP contribution is 2.29. The summed E-state index contributed by atoms with van der Waals surface area (Å²) < 4.78 is 1.39. The second-order valence-electron chi connectivity index (χ2n) is 3.43. The summed E-state index contributed by atoms with van der Waals surface area (Å²) in [4.78, 5) is 24.5. The van der Waals surface area contributed by atoms with Crippen molar-refractivity contribution in [1.29, 1.82) is 0 Å². The van der Waals surface area contributed by atoms with Crippen molar-refractivity contribution in [3.05, 3.63) is 22.1 Å². The molecular formula is C8H9N3O4. The fourth-order valence-corrected chi connectivity index (χ4v) is 1.88. The maximum Gasteiger partial charge on any atom is 0.384 e. The molecule has 1 aromatic heterocycles. The van der Waals surface area contributed by atoms with Gasteiger partial charge in [0.2, 0.25) is 6.33 Å². The standard InChI is InChI=1S/C8H9N3O4/c12-8(13)6-3-1-2-5-7(11(14)15)9-4-10(5)6/h4,6H,1-3H2,(H,12,13). The van der Waals surface area contributed by atoms with E-state index in [4.69, 9.17) is 5.11 Å². The van der Waals surface area contributed by atoms with Crippen LogP contribution in [0.5, 0.6) is 0 Å². The van der Waals surface area contributed by atoms with E-state index < -0.39 is 16.9 Å². The van der Waals surface area contributed by atoms with Crippen molar-refractivity contribution < 1.29 is 14.8 Å². The van der Waals surface area contributed by atoms with Crippen LogP contribution in [0, 0.1) is 10.1 Å². The number of fused-ring (bicyclic) bond motifs is 1. The summed E-state index contributed by atoms with van der Waals surface area (Å²) in [5, 5.41) is 19.5. The van der Waals surface area contributed by atoms with Crippen molar-refractivity contribution >= 4 is 11.8 Å². The highest BCUT2D eigenvalue weighted by atomic mass is 16.6. The van der Waals surface area contributed by atoms with Crippen molar-refractivity contribution in [2.45, 2.75) is 25.3 Å². The van der Waals surface area contributed by atoms with Gasteiger partial charge in [0.25, 0.3) is 0 Å². The molecule has 7 nitrogen and oxygen atoms in total. The molecule has 0 spiro atoms. The first-order chi connectivity index (χ1) is 7.11. The van der Waals surface area contributed by atoms with Crippen LogP contribution in [0.4, 0.5) is 5.82 Å². The number of aliphatic carboxylic acids is 1. The third-order valence-electron chi connectivity index (χ3n) is 2.56. The predicted octanol–water partition coefficient (Wildman–Crippen LogP) is 0.753. The summed E-state index contributed by atoms with van der Waals surface area (Å²) in [7, 11) is 0. The second-order valence-corrected chi connectivity index (χ2v) is 3.43. The van der Waals surface area contributed by atoms with Gasteiger partial charge in [0, 0.05) is 0 Å². The van der Waals surface area contributed by atoms with Gasteiger partial charge in [-0.15, -0.1) is 0 Å². The zero-order valence-corrected chi connectivity index (χ0v) is 7.79. The van der Waals surface area contributed by atoms with Gasteiger partial charge < -0.3 is 15.2 Å². The number of carboxylic acid groups (broad SMARTS) is 1. The molecule has 0 saturated heterocycles. The van der Waals surface area contributed by atoms with Crippen LogP contribution >= 0.6 is 0 Å². The first-order valence-corrected chi connectivity index (χ1v) is 4.54. The normalized spacial score (nSPS) is 19.6. The lowest BCUT2D eigenvalue weighted by Gasteiger charge is -2.19. The van der Waals surface area contributed by atoms with Crippen molar-refractivity contribution in [2.75, 3.05) is 0 Å². The van der Waals surface area contributed by atoms with Crippen LogP contribution in [0.15, 0.2) is 6.33 Å². The van der Waals surface area contributed by atoms with Gasteiger partial charge >= 0.3 is 11.8 Å². The van der Waals surface area contributed by atoms with Crippen LogP contribution in [0.1, 0.15) is 24.6 Å².